The monoisotopic (exact) mass is 298 g/mol. The van der Waals surface area contributed by atoms with Gasteiger partial charge in [-0.1, -0.05) is 13.8 Å². The lowest BCUT2D eigenvalue weighted by molar-refractivity contribution is -0.139. The summed E-state index contributed by atoms with van der Waals surface area (Å²) in [6.45, 7) is 3.71. The third-order valence-corrected chi connectivity index (χ3v) is 2.72. The van der Waals surface area contributed by atoms with Gasteiger partial charge >= 0.3 is 12.0 Å². The van der Waals surface area contributed by atoms with Gasteiger partial charge in [0.2, 0.25) is 0 Å². The molecule has 1 aromatic carbocycles. The molecule has 6 nitrogen and oxygen atoms in total. The number of methoxy groups -OCH3 is 1. The number of halogens is 1. The fourth-order valence-corrected chi connectivity index (χ4v) is 1.76. The van der Waals surface area contributed by atoms with Crippen LogP contribution >= 0.6 is 0 Å². The number of carboxylic acid groups (broad SMARTS) is 1. The lowest BCUT2D eigenvalue weighted by Gasteiger charge is -2.17. The number of anilines is 1. The number of carbonyl (C=O) groups excluding carboxylic acids is 1. The minimum absolute atomic E-state index is 0.0594. The van der Waals surface area contributed by atoms with E-state index in [1.807, 2.05) is 13.8 Å². The van der Waals surface area contributed by atoms with Crippen LogP contribution in [0.2, 0.25) is 0 Å². The highest BCUT2D eigenvalue weighted by molar-refractivity contribution is 5.92. The van der Waals surface area contributed by atoms with Crippen LogP contribution in [0.4, 0.5) is 14.9 Å². The lowest BCUT2D eigenvalue weighted by Crippen LogP contribution is -2.43. The number of nitrogens with one attached hydrogen (secondary N) is 2. The zero-order valence-electron chi connectivity index (χ0n) is 12.1. The summed E-state index contributed by atoms with van der Waals surface area (Å²) in [6, 6.07) is 2.23. The first-order valence-electron chi connectivity index (χ1n) is 6.47. The van der Waals surface area contributed by atoms with E-state index in [4.69, 9.17) is 9.84 Å². The Morgan fingerprint density at radius 2 is 2.05 bits per heavy atom. The van der Waals surface area contributed by atoms with Gasteiger partial charge in [-0.15, -0.1) is 0 Å². The molecule has 0 aromatic heterocycles. The van der Waals surface area contributed by atoms with Gasteiger partial charge in [0.1, 0.15) is 6.04 Å². The van der Waals surface area contributed by atoms with Crippen molar-refractivity contribution in [2.24, 2.45) is 5.92 Å². The van der Waals surface area contributed by atoms with Crippen molar-refractivity contribution in [3.05, 3.63) is 24.0 Å². The summed E-state index contributed by atoms with van der Waals surface area (Å²) in [4.78, 5) is 22.8. The van der Waals surface area contributed by atoms with Gasteiger partial charge in [0.25, 0.3) is 0 Å². The predicted molar refractivity (Wildman–Crippen MR) is 76.0 cm³/mol. The van der Waals surface area contributed by atoms with Gasteiger partial charge in [0, 0.05) is 11.8 Å². The number of benzene rings is 1. The minimum Gasteiger partial charge on any atom is -0.494 e. The maximum Gasteiger partial charge on any atom is 0.326 e. The summed E-state index contributed by atoms with van der Waals surface area (Å²) in [5.74, 6) is -1.55. The SMILES string of the molecule is COc1ccc(NC(=O)N[C@@H](CC(C)C)C(=O)O)cc1F. The molecule has 0 heterocycles. The molecule has 1 atom stereocenters. The molecule has 1 aromatic rings. The summed E-state index contributed by atoms with van der Waals surface area (Å²) in [7, 11) is 1.33. The lowest BCUT2D eigenvalue weighted by atomic mass is 10.0. The van der Waals surface area contributed by atoms with E-state index in [-0.39, 0.29) is 17.4 Å². The van der Waals surface area contributed by atoms with E-state index in [1.165, 1.54) is 19.2 Å². The van der Waals surface area contributed by atoms with Gasteiger partial charge in [0.05, 0.1) is 7.11 Å². The summed E-state index contributed by atoms with van der Waals surface area (Å²) in [5.41, 5.74) is 0.208. The molecule has 0 saturated heterocycles. The first kappa shape index (κ1) is 16.7. The Hall–Kier alpha value is -2.31. The zero-order valence-corrected chi connectivity index (χ0v) is 12.1. The van der Waals surface area contributed by atoms with E-state index in [0.717, 1.165) is 6.07 Å². The van der Waals surface area contributed by atoms with Gasteiger partial charge in [-0.3, -0.25) is 0 Å². The third-order valence-electron chi connectivity index (χ3n) is 2.72. The van der Waals surface area contributed by atoms with Crippen molar-refractivity contribution in [1.82, 2.24) is 5.32 Å². The molecule has 0 bridgehead atoms. The Labute approximate surface area is 122 Å². The number of aliphatic carboxylic acids is 1. The molecule has 0 unspecified atom stereocenters. The number of carboxylic acids is 1. The molecule has 1 rings (SSSR count). The first-order valence-corrected chi connectivity index (χ1v) is 6.47. The van der Waals surface area contributed by atoms with Crippen molar-refractivity contribution < 1.29 is 23.8 Å². The number of carbonyl (C=O) groups is 2. The number of hydrogen-bond acceptors (Lipinski definition) is 3. The first-order chi connectivity index (χ1) is 9.83. The van der Waals surface area contributed by atoms with Gasteiger partial charge < -0.3 is 20.5 Å². The fraction of sp³-hybridized carbons (Fsp3) is 0.429. The number of rotatable bonds is 6. The predicted octanol–water partition coefficient (Wildman–Crippen LogP) is 2.46. The quantitative estimate of drug-likeness (QED) is 0.752. The average molecular weight is 298 g/mol. The highest BCUT2D eigenvalue weighted by Gasteiger charge is 2.21. The molecule has 0 saturated carbocycles. The van der Waals surface area contributed by atoms with Crippen LogP contribution in [-0.2, 0) is 4.79 Å². The van der Waals surface area contributed by atoms with Crippen LogP contribution < -0.4 is 15.4 Å². The van der Waals surface area contributed by atoms with E-state index >= 15 is 0 Å². The molecular formula is C14H19FN2O4. The number of amides is 2. The van der Waals surface area contributed by atoms with Crippen LogP contribution in [-0.4, -0.2) is 30.3 Å². The summed E-state index contributed by atoms with van der Waals surface area (Å²) < 4.78 is 18.2. The highest BCUT2D eigenvalue weighted by Crippen LogP contribution is 2.20. The topological polar surface area (TPSA) is 87.7 Å². The van der Waals surface area contributed by atoms with Crippen LogP contribution in [0.1, 0.15) is 20.3 Å². The Kier molecular flexibility index (Phi) is 5.95. The molecule has 0 radical (unpaired) electrons. The van der Waals surface area contributed by atoms with Crippen LogP contribution in [0.15, 0.2) is 18.2 Å². The van der Waals surface area contributed by atoms with Crippen molar-refractivity contribution in [2.75, 3.05) is 12.4 Å². The molecule has 0 fully saturated rings. The van der Waals surface area contributed by atoms with Crippen LogP contribution in [0.25, 0.3) is 0 Å². The standard InChI is InChI=1S/C14H19FN2O4/c1-8(2)6-11(13(18)19)17-14(20)16-9-4-5-12(21-3)10(15)7-9/h4-5,7-8,11H,6H2,1-3H3,(H,18,19)(H2,16,17,20)/t11-/m0/s1. The molecule has 0 aliphatic rings. The van der Waals surface area contributed by atoms with Crippen molar-refractivity contribution in [3.63, 3.8) is 0 Å². The van der Waals surface area contributed by atoms with Crippen LogP contribution in [0.5, 0.6) is 5.75 Å². The van der Waals surface area contributed by atoms with Crippen molar-refractivity contribution in [2.45, 2.75) is 26.3 Å². The Balaban J connectivity index is 2.67. The van der Waals surface area contributed by atoms with E-state index in [1.54, 1.807) is 0 Å². The fourth-order valence-electron chi connectivity index (χ4n) is 1.76. The maximum atomic E-state index is 13.5. The van der Waals surface area contributed by atoms with Crippen molar-refractivity contribution in [1.29, 1.82) is 0 Å². The number of ether oxygens (including phenoxy) is 1. The Morgan fingerprint density at radius 1 is 1.38 bits per heavy atom. The molecule has 0 spiro atoms. The molecule has 21 heavy (non-hydrogen) atoms. The second kappa shape index (κ2) is 7.47. The van der Waals surface area contributed by atoms with E-state index in [0.29, 0.717) is 6.42 Å². The molecule has 7 heteroatoms. The van der Waals surface area contributed by atoms with Gasteiger partial charge in [-0.05, 0) is 24.5 Å². The van der Waals surface area contributed by atoms with Gasteiger partial charge in [-0.2, -0.15) is 0 Å². The number of urea groups is 1. The second-order valence-corrected chi connectivity index (χ2v) is 4.97. The van der Waals surface area contributed by atoms with Crippen LogP contribution in [0.3, 0.4) is 0 Å². The zero-order chi connectivity index (χ0) is 16.0. The number of hydrogen-bond donors (Lipinski definition) is 3. The second-order valence-electron chi connectivity index (χ2n) is 4.97. The molecule has 116 valence electrons. The van der Waals surface area contributed by atoms with Crippen molar-refractivity contribution >= 4 is 17.7 Å². The molecular weight excluding hydrogens is 279 g/mol. The van der Waals surface area contributed by atoms with E-state index in [2.05, 4.69) is 10.6 Å². The summed E-state index contributed by atoms with van der Waals surface area (Å²) in [5, 5.41) is 13.8. The molecule has 0 aliphatic carbocycles. The summed E-state index contributed by atoms with van der Waals surface area (Å²) in [6.07, 6.45) is 0.305. The highest BCUT2D eigenvalue weighted by atomic mass is 19.1. The summed E-state index contributed by atoms with van der Waals surface area (Å²) >= 11 is 0. The van der Waals surface area contributed by atoms with Gasteiger partial charge in [-0.25, -0.2) is 14.0 Å². The van der Waals surface area contributed by atoms with E-state index in [9.17, 15) is 14.0 Å². The molecule has 3 N–H and O–H groups in total. The normalized spacial score (nSPS) is 11.9. The van der Waals surface area contributed by atoms with E-state index < -0.39 is 23.9 Å². The largest absolute Gasteiger partial charge is 0.494 e. The van der Waals surface area contributed by atoms with Crippen molar-refractivity contribution in [3.8, 4) is 5.75 Å². The minimum atomic E-state index is -1.11. The molecule has 2 amide bonds. The maximum absolute atomic E-state index is 13.5. The van der Waals surface area contributed by atoms with Gasteiger partial charge in [0.15, 0.2) is 11.6 Å². The Bertz CT molecular complexity index is 520. The third kappa shape index (κ3) is 5.29. The smallest absolute Gasteiger partial charge is 0.326 e. The van der Waals surface area contributed by atoms with Crippen LogP contribution in [0, 0.1) is 11.7 Å². The average Bonchev–Trinajstić information content (AvgIpc) is 2.37. The Morgan fingerprint density at radius 3 is 2.52 bits per heavy atom. The molecule has 0 aliphatic heterocycles.